The minimum Gasteiger partial charge on any atom is -0.303 e. The van der Waals surface area contributed by atoms with Crippen LogP contribution in [-0.2, 0) is 0 Å². The van der Waals surface area contributed by atoms with Gasteiger partial charge in [-0.05, 0) is 26.0 Å². The lowest BCUT2D eigenvalue weighted by atomic mass is 10.1. The van der Waals surface area contributed by atoms with Crippen molar-refractivity contribution in [3.8, 4) is 0 Å². The van der Waals surface area contributed by atoms with Crippen LogP contribution in [0.1, 0.15) is 33.2 Å². The van der Waals surface area contributed by atoms with Crippen LogP contribution in [0.3, 0.4) is 0 Å². The summed E-state index contributed by atoms with van der Waals surface area (Å²) >= 11 is 0. The second kappa shape index (κ2) is 7.22. The maximum absolute atomic E-state index is 12.0. The maximum Gasteiger partial charge on any atom is 0.269 e. The van der Waals surface area contributed by atoms with Gasteiger partial charge in [0, 0.05) is 22.9 Å². The van der Waals surface area contributed by atoms with Gasteiger partial charge in [0.2, 0.25) is 0 Å². The van der Waals surface area contributed by atoms with E-state index in [2.05, 4.69) is 10.9 Å². The minimum atomic E-state index is -0.247. The van der Waals surface area contributed by atoms with Gasteiger partial charge in [-0.1, -0.05) is 48.0 Å². The Morgan fingerprint density at radius 2 is 1.59 bits per heavy atom. The zero-order valence-corrected chi connectivity index (χ0v) is 12.6. The summed E-state index contributed by atoms with van der Waals surface area (Å²) < 4.78 is 0. The first-order valence-electron chi connectivity index (χ1n) is 6.97. The highest BCUT2D eigenvalue weighted by atomic mass is 16.2. The minimum absolute atomic E-state index is 0.115. The summed E-state index contributed by atoms with van der Waals surface area (Å²) in [7, 11) is 0. The lowest BCUT2D eigenvalue weighted by Gasteiger charge is -2.09. The molecule has 2 rings (SSSR count). The normalized spacial score (nSPS) is 10.9. The van der Waals surface area contributed by atoms with Crippen LogP contribution in [0.15, 0.2) is 66.4 Å². The second-order valence-corrected chi connectivity index (χ2v) is 5.01. The molecule has 0 saturated carbocycles. The van der Waals surface area contributed by atoms with Gasteiger partial charge < -0.3 is 5.43 Å². The molecule has 4 nitrogen and oxygen atoms in total. The van der Waals surface area contributed by atoms with E-state index in [1.54, 1.807) is 31.2 Å². The molecule has 0 aliphatic heterocycles. The molecule has 0 spiro atoms. The number of hydrazine groups is 1. The molecule has 0 atom stereocenters. The molecule has 2 aromatic carbocycles. The van der Waals surface area contributed by atoms with Crippen LogP contribution in [0, 0.1) is 6.92 Å². The molecule has 0 radical (unpaired) electrons. The van der Waals surface area contributed by atoms with E-state index in [4.69, 9.17) is 0 Å². The predicted molar refractivity (Wildman–Crippen MR) is 86.3 cm³/mol. The fourth-order valence-corrected chi connectivity index (χ4v) is 1.93. The summed E-state index contributed by atoms with van der Waals surface area (Å²) in [6.07, 6.45) is 1.45. The Labute approximate surface area is 129 Å². The van der Waals surface area contributed by atoms with Crippen LogP contribution in [0.5, 0.6) is 0 Å². The van der Waals surface area contributed by atoms with Crippen LogP contribution in [0.2, 0.25) is 0 Å². The molecular weight excluding hydrogens is 276 g/mol. The average molecular weight is 294 g/mol. The third-order valence-electron chi connectivity index (χ3n) is 3.06. The molecular formula is C18H18N2O2. The van der Waals surface area contributed by atoms with Crippen molar-refractivity contribution in [3.63, 3.8) is 0 Å². The monoisotopic (exact) mass is 294 g/mol. The lowest BCUT2D eigenvalue weighted by molar-refractivity contribution is 0.0936. The van der Waals surface area contributed by atoms with Gasteiger partial charge in [-0.2, -0.15) is 0 Å². The first kappa shape index (κ1) is 15.5. The number of amides is 1. The van der Waals surface area contributed by atoms with Crippen LogP contribution in [0.25, 0.3) is 0 Å². The molecule has 0 aliphatic rings. The third kappa shape index (κ3) is 4.31. The quantitative estimate of drug-likeness (QED) is 0.506. The van der Waals surface area contributed by atoms with Gasteiger partial charge >= 0.3 is 0 Å². The number of allylic oxidation sites excluding steroid dienone is 2. The Morgan fingerprint density at radius 1 is 0.909 bits per heavy atom. The summed E-state index contributed by atoms with van der Waals surface area (Å²) in [6, 6.07) is 16.2. The Balaban J connectivity index is 1.95. The first-order chi connectivity index (χ1) is 10.6. The Morgan fingerprint density at radius 3 is 2.27 bits per heavy atom. The van der Waals surface area contributed by atoms with E-state index < -0.39 is 0 Å². The molecule has 0 unspecified atom stereocenters. The van der Waals surface area contributed by atoms with Crippen LogP contribution >= 0.6 is 0 Å². The molecule has 0 aromatic heterocycles. The number of hydrogen-bond acceptors (Lipinski definition) is 3. The van der Waals surface area contributed by atoms with E-state index >= 15 is 0 Å². The van der Waals surface area contributed by atoms with Gasteiger partial charge in [-0.25, -0.2) is 0 Å². The van der Waals surface area contributed by atoms with Crippen molar-refractivity contribution in [2.24, 2.45) is 0 Å². The van der Waals surface area contributed by atoms with E-state index in [-0.39, 0.29) is 11.7 Å². The fraction of sp³-hybridized carbons (Fsp3) is 0.111. The summed E-state index contributed by atoms with van der Waals surface area (Å²) in [5, 5.41) is 0. The Kier molecular flexibility index (Phi) is 5.09. The van der Waals surface area contributed by atoms with Crippen LogP contribution in [-0.4, -0.2) is 11.7 Å². The number of hydrogen-bond donors (Lipinski definition) is 2. The van der Waals surface area contributed by atoms with Crippen LogP contribution in [0.4, 0.5) is 0 Å². The van der Waals surface area contributed by atoms with Gasteiger partial charge in [0.25, 0.3) is 5.91 Å². The topological polar surface area (TPSA) is 58.2 Å². The number of benzene rings is 2. The number of rotatable bonds is 5. The van der Waals surface area contributed by atoms with E-state index in [0.29, 0.717) is 16.8 Å². The molecule has 0 bridgehead atoms. The number of aryl methyl sites for hydroxylation is 1. The van der Waals surface area contributed by atoms with Gasteiger partial charge in [0.05, 0.1) is 0 Å². The molecule has 0 fully saturated rings. The summed E-state index contributed by atoms with van der Waals surface area (Å²) in [4.78, 5) is 24.0. The summed E-state index contributed by atoms with van der Waals surface area (Å²) in [6.45, 7) is 3.64. The molecule has 4 heteroatoms. The fourth-order valence-electron chi connectivity index (χ4n) is 1.93. The van der Waals surface area contributed by atoms with Crippen molar-refractivity contribution >= 4 is 11.7 Å². The highest BCUT2D eigenvalue weighted by molar-refractivity contribution is 6.04. The largest absolute Gasteiger partial charge is 0.303 e. The van der Waals surface area contributed by atoms with Gasteiger partial charge in [-0.15, -0.1) is 0 Å². The van der Waals surface area contributed by atoms with E-state index in [1.807, 2.05) is 37.3 Å². The zero-order chi connectivity index (χ0) is 15.9. The molecule has 2 aromatic rings. The molecule has 0 saturated heterocycles. The summed E-state index contributed by atoms with van der Waals surface area (Å²) in [5.74, 6) is -0.362. The van der Waals surface area contributed by atoms with Crippen molar-refractivity contribution in [3.05, 3.63) is 83.1 Å². The van der Waals surface area contributed by atoms with Crippen molar-refractivity contribution in [2.75, 3.05) is 0 Å². The SMILES string of the molecule is C/C(=C\C(=O)c1ccccc1)NNC(=O)c1cccc(C)c1. The van der Waals surface area contributed by atoms with Crippen molar-refractivity contribution in [2.45, 2.75) is 13.8 Å². The van der Waals surface area contributed by atoms with Gasteiger partial charge in [0.1, 0.15) is 0 Å². The third-order valence-corrected chi connectivity index (χ3v) is 3.06. The molecule has 112 valence electrons. The standard InChI is InChI=1S/C18H18N2O2/c1-13-7-6-10-16(11-13)18(22)20-19-14(2)12-17(21)15-8-4-3-5-9-15/h3-12,19H,1-2H3,(H,20,22)/b14-12+. The zero-order valence-electron chi connectivity index (χ0n) is 12.6. The number of carbonyl (C=O) groups is 2. The predicted octanol–water partition coefficient (Wildman–Crippen LogP) is 3.02. The Bertz CT molecular complexity index is 706. The molecule has 22 heavy (non-hydrogen) atoms. The van der Waals surface area contributed by atoms with Gasteiger partial charge in [0.15, 0.2) is 5.78 Å². The smallest absolute Gasteiger partial charge is 0.269 e. The number of carbonyl (C=O) groups excluding carboxylic acids is 2. The molecule has 0 heterocycles. The second-order valence-electron chi connectivity index (χ2n) is 5.01. The molecule has 2 N–H and O–H groups in total. The van der Waals surface area contributed by atoms with Crippen LogP contribution < -0.4 is 10.9 Å². The van der Waals surface area contributed by atoms with Crippen molar-refractivity contribution < 1.29 is 9.59 Å². The Hall–Kier alpha value is -2.88. The average Bonchev–Trinajstić information content (AvgIpc) is 2.53. The maximum atomic E-state index is 12.0. The van der Waals surface area contributed by atoms with Crippen molar-refractivity contribution in [1.29, 1.82) is 0 Å². The van der Waals surface area contributed by atoms with E-state index in [0.717, 1.165) is 5.56 Å². The summed E-state index contributed by atoms with van der Waals surface area (Å²) in [5.41, 5.74) is 8.06. The highest BCUT2D eigenvalue weighted by Gasteiger charge is 2.06. The highest BCUT2D eigenvalue weighted by Crippen LogP contribution is 2.04. The number of ketones is 1. The number of nitrogens with one attached hydrogen (secondary N) is 2. The van der Waals surface area contributed by atoms with Gasteiger partial charge in [-0.3, -0.25) is 15.0 Å². The van der Waals surface area contributed by atoms with E-state index in [1.165, 1.54) is 6.08 Å². The first-order valence-corrected chi connectivity index (χ1v) is 6.97. The lowest BCUT2D eigenvalue weighted by Crippen LogP contribution is -2.36. The van der Waals surface area contributed by atoms with Crippen molar-refractivity contribution in [1.82, 2.24) is 10.9 Å². The molecule has 1 amide bonds. The molecule has 0 aliphatic carbocycles. The van der Waals surface area contributed by atoms with E-state index in [9.17, 15) is 9.59 Å².